The van der Waals surface area contributed by atoms with Crippen LogP contribution in [0.25, 0.3) is 10.1 Å². The van der Waals surface area contributed by atoms with Crippen LogP contribution in [0.1, 0.15) is 12.0 Å². The summed E-state index contributed by atoms with van der Waals surface area (Å²) in [5.74, 6) is 0. The molecule has 2 aromatic rings. The quantitative estimate of drug-likeness (QED) is 0.778. The van der Waals surface area contributed by atoms with E-state index in [0.29, 0.717) is 4.70 Å². The molecule has 0 atom stereocenters. The lowest BCUT2D eigenvalue weighted by molar-refractivity contribution is 0.154. The molecule has 0 saturated heterocycles. The van der Waals surface area contributed by atoms with Crippen molar-refractivity contribution in [2.75, 3.05) is 5.73 Å². The fourth-order valence-electron chi connectivity index (χ4n) is 1.33. The van der Waals surface area contributed by atoms with Crippen LogP contribution < -0.4 is 5.73 Å². The van der Waals surface area contributed by atoms with Crippen LogP contribution in [0.4, 0.5) is 14.5 Å². The summed E-state index contributed by atoms with van der Waals surface area (Å²) in [6.45, 7) is 0. The number of hydrogen-bond donors (Lipinski definition) is 1. The highest BCUT2D eigenvalue weighted by molar-refractivity contribution is 9.10. The Morgan fingerprint density at radius 1 is 1.36 bits per heavy atom. The van der Waals surface area contributed by atoms with Crippen LogP contribution >= 0.6 is 27.3 Å². The maximum Gasteiger partial charge on any atom is 0.267 e. The van der Waals surface area contributed by atoms with Gasteiger partial charge in [-0.1, -0.05) is 6.07 Å². The molecule has 0 aliphatic heterocycles. The molecule has 0 aliphatic rings. The lowest BCUT2D eigenvalue weighted by atomic mass is 10.1. The van der Waals surface area contributed by atoms with E-state index in [1.807, 2.05) is 0 Å². The normalized spacial score (nSPS) is 11.4. The Balaban J connectivity index is 2.83. The topological polar surface area (TPSA) is 26.0 Å². The van der Waals surface area contributed by atoms with Crippen LogP contribution in [-0.4, -0.2) is 0 Å². The smallest absolute Gasteiger partial charge is 0.267 e. The largest absolute Gasteiger partial charge is 0.398 e. The molecule has 14 heavy (non-hydrogen) atoms. The molecule has 74 valence electrons. The third kappa shape index (κ3) is 1.40. The monoisotopic (exact) mass is 277 g/mol. The van der Waals surface area contributed by atoms with Gasteiger partial charge in [-0.3, -0.25) is 0 Å². The molecule has 0 aliphatic carbocycles. The molecule has 0 bridgehead atoms. The molecule has 1 aromatic heterocycles. The number of rotatable bonds is 1. The molecular formula is C9H6BrF2NS. The number of anilines is 1. The van der Waals surface area contributed by atoms with E-state index in [-0.39, 0.29) is 11.3 Å². The van der Waals surface area contributed by atoms with Gasteiger partial charge in [0.15, 0.2) is 0 Å². The predicted molar refractivity (Wildman–Crippen MR) is 58.9 cm³/mol. The lowest BCUT2D eigenvalue weighted by Crippen LogP contribution is -1.94. The van der Waals surface area contributed by atoms with Gasteiger partial charge in [-0.05, 0) is 22.0 Å². The Kier molecular flexibility index (Phi) is 2.45. The number of thiophene rings is 1. The standard InChI is InChI=1S/C9H6BrF2NS/c10-5-3-14-8-4(5)1-2-6(13)7(8)9(11)12/h1-3,9H,13H2. The van der Waals surface area contributed by atoms with Gasteiger partial charge in [0.2, 0.25) is 0 Å². The van der Waals surface area contributed by atoms with Crippen molar-refractivity contribution >= 4 is 43.0 Å². The van der Waals surface area contributed by atoms with E-state index in [9.17, 15) is 8.78 Å². The van der Waals surface area contributed by atoms with Crippen molar-refractivity contribution in [3.05, 3.63) is 27.5 Å². The molecule has 2 N–H and O–H groups in total. The molecule has 1 nitrogen and oxygen atoms in total. The highest BCUT2D eigenvalue weighted by Crippen LogP contribution is 2.39. The molecule has 0 spiro atoms. The summed E-state index contributed by atoms with van der Waals surface area (Å²) in [5.41, 5.74) is 5.61. The highest BCUT2D eigenvalue weighted by Gasteiger charge is 2.17. The van der Waals surface area contributed by atoms with E-state index in [0.717, 1.165) is 9.86 Å². The summed E-state index contributed by atoms with van der Waals surface area (Å²) < 4.78 is 26.8. The first kappa shape index (κ1) is 9.86. The van der Waals surface area contributed by atoms with Crippen molar-refractivity contribution in [1.29, 1.82) is 0 Å². The first-order chi connectivity index (χ1) is 6.61. The van der Waals surface area contributed by atoms with Crippen LogP contribution in [-0.2, 0) is 0 Å². The van der Waals surface area contributed by atoms with E-state index < -0.39 is 6.43 Å². The minimum Gasteiger partial charge on any atom is -0.398 e. The maximum absolute atomic E-state index is 12.7. The van der Waals surface area contributed by atoms with Gasteiger partial charge in [0.25, 0.3) is 6.43 Å². The summed E-state index contributed by atoms with van der Waals surface area (Å²) in [4.78, 5) is 0. The molecule has 0 amide bonds. The van der Waals surface area contributed by atoms with Crippen molar-refractivity contribution in [2.45, 2.75) is 6.43 Å². The summed E-state index contributed by atoms with van der Waals surface area (Å²) >= 11 is 4.58. The fourth-order valence-corrected chi connectivity index (χ4v) is 3.06. The Morgan fingerprint density at radius 3 is 2.71 bits per heavy atom. The van der Waals surface area contributed by atoms with E-state index in [2.05, 4.69) is 15.9 Å². The third-order valence-electron chi connectivity index (χ3n) is 1.99. The van der Waals surface area contributed by atoms with Gasteiger partial charge < -0.3 is 5.73 Å². The number of nitrogen functional groups attached to an aromatic ring is 1. The zero-order chi connectivity index (χ0) is 10.3. The van der Waals surface area contributed by atoms with Crippen molar-refractivity contribution < 1.29 is 8.78 Å². The molecule has 1 heterocycles. The number of hydrogen-bond acceptors (Lipinski definition) is 2. The van der Waals surface area contributed by atoms with Gasteiger partial charge in [0, 0.05) is 25.6 Å². The van der Waals surface area contributed by atoms with Crippen LogP contribution in [0.5, 0.6) is 0 Å². The first-order valence-electron chi connectivity index (χ1n) is 3.84. The van der Waals surface area contributed by atoms with Gasteiger partial charge >= 0.3 is 0 Å². The second-order valence-electron chi connectivity index (χ2n) is 2.83. The van der Waals surface area contributed by atoms with E-state index in [4.69, 9.17) is 5.73 Å². The molecule has 0 radical (unpaired) electrons. The minimum atomic E-state index is -2.52. The Morgan fingerprint density at radius 2 is 2.07 bits per heavy atom. The summed E-state index contributed by atoms with van der Waals surface area (Å²) in [6.07, 6.45) is -2.52. The first-order valence-corrected chi connectivity index (χ1v) is 5.51. The van der Waals surface area contributed by atoms with Crippen molar-refractivity contribution in [3.8, 4) is 0 Å². The van der Waals surface area contributed by atoms with Gasteiger partial charge in [0.1, 0.15) is 0 Å². The molecule has 2 rings (SSSR count). The number of benzene rings is 1. The summed E-state index contributed by atoms with van der Waals surface area (Å²) in [6, 6.07) is 3.26. The van der Waals surface area contributed by atoms with E-state index in [1.165, 1.54) is 17.4 Å². The molecule has 0 unspecified atom stereocenters. The van der Waals surface area contributed by atoms with E-state index >= 15 is 0 Å². The highest BCUT2D eigenvalue weighted by atomic mass is 79.9. The Bertz CT molecular complexity index is 481. The van der Waals surface area contributed by atoms with Gasteiger partial charge in [-0.15, -0.1) is 11.3 Å². The predicted octanol–water partition coefficient (Wildman–Crippen LogP) is 4.18. The maximum atomic E-state index is 12.7. The van der Waals surface area contributed by atoms with Gasteiger partial charge in [-0.25, -0.2) is 8.78 Å². The number of alkyl halides is 2. The molecular weight excluding hydrogens is 272 g/mol. The third-order valence-corrected chi connectivity index (χ3v) is 3.97. The number of nitrogens with two attached hydrogens (primary N) is 1. The van der Waals surface area contributed by atoms with Crippen LogP contribution in [0.2, 0.25) is 0 Å². The minimum absolute atomic E-state index is 0.0572. The second kappa shape index (κ2) is 3.47. The molecule has 5 heteroatoms. The van der Waals surface area contributed by atoms with Gasteiger partial charge in [0.05, 0.1) is 5.56 Å². The number of halogens is 3. The number of fused-ring (bicyclic) bond motifs is 1. The lowest BCUT2D eigenvalue weighted by Gasteiger charge is -2.05. The SMILES string of the molecule is Nc1ccc2c(Br)csc2c1C(F)F. The second-order valence-corrected chi connectivity index (χ2v) is 4.56. The average Bonchev–Trinajstić information content (AvgIpc) is 2.47. The van der Waals surface area contributed by atoms with Crippen molar-refractivity contribution in [2.24, 2.45) is 0 Å². The Labute approximate surface area is 91.7 Å². The van der Waals surface area contributed by atoms with Crippen molar-refractivity contribution in [1.82, 2.24) is 0 Å². The summed E-state index contributed by atoms with van der Waals surface area (Å²) in [5, 5.41) is 2.58. The van der Waals surface area contributed by atoms with Crippen LogP contribution in [0.3, 0.4) is 0 Å². The molecule has 1 aromatic carbocycles. The van der Waals surface area contributed by atoms with Gasteiger partial charge in [-0.2, -0.15) is 0 Å². The van der Waals surface area contributed by atoms with Crippen LogP contribution in [0.15, 0.2) is 22.0 Å². The van der Waals surface area contributed by atoms with Crippen LogP contribution in [0, 0.1) is 0 Å². The van der Waals surface area contributed by atoms with Crippen molar-refractivity contribution in [3.63, 3.8) is 0 Å². The zero-order valence-electron chi connectivity index (χ0n) is 6.93. The summed E-state index contributed by atoms with van der Waals surface area (Å²) in [7, 11) is 0. The van der Waals surface area contributed by atoms with E-state index in [1.54, 1.807) is 11.4 Å². The fraction of sp³-hybridized carbons (Fsp3) is 0.111. The zero-order valence-corrected chi connectivity index (χ0v) is 9.33. The molecule has 0 fully saturated rings. The average molecular weight is 278 g/mol. The Hall–Kier alpha value is -0.680. The molecule has 0 saturated carbocycles.